The molecule has 1 aromatic carbocycles. The third kappa shape index (κ3) is 5.98. The van der Waals surface area contributed by atoms with E-state index in [1.165, 1.54) is 32.3 Å². The molecule has 3 aliphatic carbocycles. The van der Waals surface area contributed by atoms with E-state index in [0.29, 0.717) is 42.3 Å². The van der Waals surface area contributed by atoms with Crippen LogP contribution in [-0.4, -0.2) is 54.4 Å². The molecule has 4 atom stereocenters. The molecule has 0 spiro atoms. The SMILES string of the molecule is COC1=CC(C(=O)NC[C@](O)(C2=CC3=C(OC[C@]3(C)C(N)=O)C(C)(c3ccc(F)c(C(F)(F)F)c3)N2)C2CC2)=C/C(=C/NC2CC2)C1(C)N. The first-order valence-electron chi connectivity index (χ1n) is 16.1. The predicted octanol–water partition coefficient (Wildman–Crippen LogP) is 3.40. The minimum atomic E-state index is -4.99. The average Bonchev–Trinajstić information content (AvgIpc) is 3.97. The summed E-state index contributed by atoms with van der Waals surface area (Å²) in [5.41, 5.74) is 6.37. The van der Waals surface area contributed by atoms with Crippen LogP contribution in [0.2, 0.25) is 0 Å². The van der Waals surface area contributed by atoms with Crippen LogP contribution in [0.15, 0.2) is 76.6 Å². The van der Waals surface area contributed by atoms with E-state index in [9.17, 15) is 32.3 Å². The second-order valence-electron chi connectivity index (χ2n) is 14.2. The van der Waals surface area contributed by atoms with E-state index in [1.807, 2.05) is 0 Å². The standard InChI is InChI=1S/C35H41F4N5O5/c1-31(30(40)46)17-49-28-24(31)14-26(44-33(28,3)20-7-10-25(36)23(13-20)35(37,38)39)34(47,19-5-6-19)16-43-29(45)18-11-21(15-42-22-8-9-22)32(2,41)27(12-18)48-4/h7,10-15,19,22,42,44,47H,5-6,8-9,16-17,41H2,1-4H3,(H2,40,46)(H,43,45)/b21-15-/t31-,32?,33?,34+/m0/s1. The van der Waals surface area contributed by atoms with Crippen LogP contribution >= 0.6 is 0 Å². The van der Waals surface area contributed by atoms with Gasteiger partial charge in [-0.25, -0.2) is 4.39 Å². The summed E-state index contributed by atoms with van der Waals surface area (Å²) in [6.07, 6.45) is 4.75. The van der Waals surface area contributed by atoms with Crippen LogP contribution < -0.4 is 27.4 Å². The number of carbonyl (C=O) groups excluding carboxylic acids is 2. The van der Waals surface area contributed by atoms with Crippen molar-refractivity contribution in [2.24, 2.45) is 22.8 Å². The number of methoxy groups -OCH3 is 1. The number of alkyl halides is 3. The fraction of sp³-hybridized carbons (Fsp3) is 0.486. The molecule has 0 aromatic heterocycles. The van der Waals surface area contributed by atoms with Crippen molar-refractivity contribution < 1.29 is 41.7 Å². The van der Waals surface area contributed by atoms with E-state index in [2.05, 4.69) is 16.0 Å². The van der Waals surface area contributed by atoms with E-state index >= 15 is 0 Å². The number of rotatable bonds is 10. The minimum Gasteiger partial charge on any atom is -0.499 e. The quantitative estimate of drug-likeness (QED) is 0.204. The van der Waals surface area contributed by atoms with Gasteiger partial charge >= 0.3 is 6.18 Å². The molecule has 6 rings (SSSR count). The van der Waals surface area contributed by atoms with Crippen molar-refractivity contribution in [1.29, 1.82) is 0 Å². The van der Waals surface area contributed by atoms with Crippen LogP contribution in [0.1, 0.15) is 57.6 Å². The number of amides is 2. The Balaban J connectivity index is 1.36. The number of nitrogens with two attached hydrogens (primary N) is 2. The van der Waals surface area contributed by atoms with Gasteiger partial charge in [0.05, 0.1) is 24.8 Å². The summed E-state index contributed by atoms with van der Waals surface area (Å²) in [5, 5.41) is 21.7. The molecule has 2 saturated carbocycles. The Morgan fingerprint density at radius 1 is 1.14 bits per heavy atom. The summed E-state index contributed by atoms with van der Waals surface area (Å²) in [6, 6.07) is 2.93. The Bertz CT molecular complexity index is 1760. The van der Waals surface area contributed by atoms with Crippen molar-refractivity contribution in [2.75, 3.05) is 20.3 Å². The van der Waals surface area contributed by atoms with Crippen molar-refractivity contribution in [3.05, 3.63) is 93.5 Å². The highest BCUT2D eigenvalue weighted by Crippen LogP contribution is 2.52. The molecular formula is C35H41F4N5O5. The maximum atomic E-state index is 14.4. The van der Waals surface area contributed by atoms with Crippen LogP contribution in [-0.2, 0) is 30.8 Å². The molecule has 8 N–H and O–H groups in total. The molecule has 2 unspecified atom stereocenters. The molecule has 2 fully saturated rings. The molecule has 0 saturated heterocycles. The monoisotopic (exact) mass is 687 g/mol. The lowest BCUT2D eigenvalue weighted by Crippen LogP contribution is -2.55. The first kappa shape index (κ1) is 34.6. The van der Waals surface area contributed by atoms with Gasteiger partial charge in [-0.2, -0.15) is 13.2 Å². The zero-order valence-corrected chi connectivity index (χ0v) is 27.7. The van der Waals surface area contributed by atoms with E-state index in [4.69, 9.17) is 20.9 Å². The van der Waals surface area contributed by atoms with Crippen LogP contribution in [0.4, 0.5) is 17.6 Å². The maximum absolute atomic E-state index is 14.4. The minimum absolute atomic E-state index is 0.0243. The summed E-state index contributed by atoms with van der Waals surface area (Å²) in [4.78, 5) is 26.4. The topological polar surface area (TPSA) is 161 Å². The zero-order chi connectivity index (χ0) is 35.7. The number of dihydropyridines is 1. The molecule has 5 aliphatic rings. The molecule has 2 heterocycles. The van der Waals surface area contributed by atoms with Crippen molar-refractivity contribution in [2.45, 2.75) is 75.4 Å². The lowest BCUT2D eigenvalue weighted by molar-refractivity contribution is -0.140. The van der Waals surface area contributed by atoms with Crippen LogP contribution in [0.25, 0.3) is 0 Å². The number of carbonyl (C=O) groups is 2. The molecule has 10 nitrogen and oxygen atoms in total. The molecule has 49 heavy (non-hydrogen) atoms. The first-order valence-corrected chi connectivity index (χ1v) is 16.1. The van der Waals surface area contributed by atoms with Gasteiger partial charge in [-0.15, -0.1) is 0 Å². The molecule has 2 aliphatic heterocycles. The van der Waals surface area contributed by atoms with Crippen molar-refractivity contribution >= 4 is 11.8 Å². The van der Waals surface area contributed by atoms with Gasteiger partial charge in [-0.1, -0.05) is 6.07 Å². The smallest absolute Gasteiger partial charge is 0.419 e. The highest BCUT2D eigenvalue weighted by molar-refractivity contribution is 5.97. The Morgan fingerprint density at radius 3 is 2.43 bits per heavy atom. The number of nitrogens with one attached hydrogen (secondary N) is 3. The van der Waals surface area contributed by atoms with Crippen LogP contribution in [0, 0.1) is 17.2 Å². The molecule has 1 aromatic rings. The second-order valence-corrected chi connectivity index (χ2v) is 14.2. The third-order valence-electron chi connectivity index (χ3n) is 10.3. The number of allylic oxidation sites excluding steroid dienone is 1. The lowest BCUT2D eigenvalue weighted by Gasteiger charge is -2.43. The summed E-state index contributed by atoms with van der Waals surface area (Å²) in [6.45, 7) is 4.34. The summed E-state index contributed by atoms with van der Waals surface area (Å²) >= 11 is 0. The van der Waals surface area contributed by atoms with Gasteiger partial charge in [0.15, 0.2) is 0 Å². The molecular weight excluding hydrogens is 646 g/mol. The lowest BCUT2D eigenvalue weighted by atomic mass is 9.74. The molecule has 0 bridgehead atoms. The number of benzene rings is 1. The van der Waals surface area contributed by atoms with Crippen LogP contribution in [0.5, 0.6) is 0 Å². The number of ether oxygens (including phenoxy) is 2. The summed E-state index contributed by atoms with van der Waals surface area (Å²) in [5.74, 6) is -2.60. The fourth-order valence-electron chi connectivity index (χ4n) is 6.64. The van der Waals surface area contributed by atoms with E-state index in [0.717, 1.165) is 12.8 Å². The number of hydrogen-bond donors (Lipinski definition) is 6. The number of primary amides is 1. The third-order valence-corrected chi connectivity index (χ3v) is 10.3. The first-order chi connectivity index (χ1) is 22.8. The van der Waals surface area contributed by atoms with Gasteiger partial charge in [0, 0.05) is 29.1 Å². The van der Waals surface area contributed by atoms with Crippen molar-refractivity contribution in [3.8, 4) is 0 Å². The van der Waals surface area contributed by atoms with Crippen LogP contribution in [0.3, 0.4) is 0 Å². The Kier molecular flexibility index (Phi) is 8.22. The molecule has 0 radical (unpaired) electrons. The van der Waals surface area contributed by atoms with Gasteiger partial charge in [-0.05, 0) is 93.9 Å². The fourth-order valence-corrected chi connectivity index (χ4v) is 6.64. The Hall–Kier alpha value is -4.30. The zero-order valence-electron chi connectivity index (χ0n) is 27.7. The number of aliphatic hydroxyl groups is 1. The highest BCUT2D eigenvalue weighted by Gasteiger charge is 2.56. The van der Waals surface area contributed by atoms with Crippen molar-refractivity contribution in [3.63, 3.8) is 0 Å². The van der Waals surface area contributed by atoms with Crippen molar-refractivity contribution in [1.82, 2.24) is 16.0 Å². The van der Waals surface area contributed by atoms with Gasteiger partial charge in [-0.3, -0.25) is 9.59 Å². The maximum Gasteiger partial charge on any atom is 0.419 e. The molecule has 264 valence electrons. The Labute approximate surface area is 281 Å². The number of halogens is 4. The van der Waals surface area contributed by atoms with Gasteiger partial charge in [0.1, 0.15) is 40.5 Å². The predicted molar refractivity (Wildman–Crippen MR) is 171 cm³/mol. The van der Waals surface area contributed by atoms with E-state index in [1.54, 1.807) is 26.1 Å². The van der Waals surface area contributed by atoms with Gasteiger partial charge in [0.2, 0.25) is 5.91 Å². The van der Waals surface area contributed by atoms with E-state index < -0.39 is 51.5 Å². The average molecular weight is 688 g/mol. The molecule has 14 heteroatoms. The van der Waals surface area contributed by atoms with E-state index in [-0.39, 0.29) is 47.2 Å². The van der Waals surface area contributed by atoms with Gasteiger partial charge in [0.25, 0.3) is 5.91 Å². The largest absolute Gasteiger partial charge is 0.499 e. The van der Waals surface area contributed by atoms with Gasteiger partial charge < -0.3 is 42.0 Å². The second kappa shape index (κ2) is 11.7. The summed E-state index contributed by atoms with van der Waals surface area (Å²) in [7, 11) is 1.46. The highest BCUT2D eigenvalue weighted by atomic mass is 19.4. The summed E-state index contributed by atoms with van der Waals surface area (Å²) < 4.78 is 67.4. The molecule has 2 amide bonds. The Morgan fingerprint density at radius 2 is 1.84 bits per heavy atom. The number of hydrogen-bond acceptors (Lipinski definition) is 8. The normalized spacial score (nSPS) is 30.2.